The number of nitrogens with zero attached hydrogens (tertiary/aromatic N) is 1. The van der Waals surface area contributed by atoms with Crippen molar-refractivity contribution in [2.24, 2.45) is 0 Å². The van der Waals surface area contributed by atoms with Gasteiger partial charge in [-0.1, -0.05) is 25.1 Å². The van der Waals surface area contributed by atoms with Gasteiger partial charge in [-0.25, -0.2) is 0 Å². The van der Waals surface area contributed by atoms with Crippen molar-refractivity contribution in [1.82, 2.24) is 10.2 Å². The molecule has 0 heterocycles. The van der Waals surface area contributed by atoms with E-state index in [0.29, 0.717) is 18.0 Å². The lowest BCUT2D eigenvalue weighted by Crippen LogP contribution is -2.49. The molecule has 2 aromatic carbocycles. The first-order valence-electron chi connectivity index (χ1n) is 10.3. The van der Waals surface area contributed by atoms with Gasteiger partial charge in [0.25, 0.3) is 5.91 Å². The second-order valence-corrected chi connectivity index (χ2v) is 7.37. The van der Waals surface area contributed by atoms with Gasteiger partial charge in [0.05, 0.1) is 7.11 Å². The Labute approximate surface area is 179 Å². The molecule has 0 saturated heterocycles. The summed E-state index contributed by atoms with van der Waals surface area (Å²) in [4.78, 5) is 27.1. The van der Waals surface area contributed by atoms with Crippen molar-refractivity contribution in [3.63, 3.8) is 0 Å². The van der Waals surface area contributed by atoms with E-state index in [1.165, 1.54) is 0 Å². The summed E-state index contributed by atoms with van der Waals surface area (Å²) in [5, 5.41) is 2.86. The van der Waals surface area contributed by atoms with Crippen LogP contribution in [0.15, 0.2) is 42.5 Å². The van der Waals surface area contributed by atoms with Crippen LogP contribution < -0.4 is 14.8 Å². The van der Waals surface area contributed by atoms with Gasteiger partial charge >= 0.3 is 0 Å². The normalized spacial score (nSPS) is 11.5. The zero-order chi connectivity index (χ0) is 22.1. The molecule has 6 nitrogen and oxygen atoms in total. The molecule has 2 rings (SSSR count). The number of benzene rings is 2. The second kappa shape index (κ2) is 11.2. The molecule has 2 amide bonds. The van der Waals surface area contributed by atoms with Gasteiger partial charge in [0.2, 0.25) is 5.91 Å². The SMILES string of the molecule is CCCNC(=O)[C@H](C)N(Cc1cccc(OC)c1)C(=O)COc1ccc(C)c(C)c1. The molecule has 1 atom stereocenters. The minimum Gasteiger partial charge on any atom is -0.497 e. The van der Waals surface area contributed by atoms with Crippen LogP contribution in [0.4, 0.5) is 0 Å². The molecular weight excluding hydrogens is 380 g/mol. The van der Waals surface area contributed by atoms with Crippen molar-refractivity contribution in [3.8, 4) is 11.5 Å². The molecule has 30 heavy (non-hydrogen) atoms. The van der Waals surface area contributed by atoms with Crippen LogP contribution in [0.5, 0.6) is 11.5 Å². The highest BCUT2D eigenvalue weighted by Crippen LogP contribution is 2.18. The highest BCUT2D eigenvalue weighted by atomic mass is 16.5. The van der Waals surface area contributed by atoms with E-state index >= 15 is 0 Å². The average molecular weight is 413 g/mol. The Morgan fingerprint density at radius 1 is 1.07 bits per heavy atom. The molecule has 0 aliphatic carbocycles. The van der Waals surface area contributed by atoms with Gasteiger partial charge < -0.3 is 19.7 Å². The molecular formula is C24H32N2O4. The summed E-state index contributed by atoms with van der Waals surface area (Å²) in [6, 6.07) is 12.6. The van der Waals surface area contributed by atoms with Crippen LogP contribution in [-0.2, 0) is 16.1 Å². The summed E-state index contributed by atoms with van der Waals surface area (Å²) < 4.78 is 11.0. The second-order valence-electron chi connectivity index (χ2n) is 7.37. The van der Waals surface area contributed by atoms with Gasteiger partial charge in [-0.3, -0.25) is 9.59 Å². The third-order valence-corrected chi connectivity index (χ3v) is 5.04. The maximum Gasteiger partial charge on any atom is 0.261 e. The Morgan fingerprint density at radius 3 is 2.50 bits per heavy atom. The molecule has 0 aliphatic rings. The predicted molar refractivity (Wildman–Crippen MR) is 118 cm³/mol. The van der Waals surface area contributed by atoms with Crippen LogP contribution in [0.2, 0.25) is 0 Å². The van der Waals surface area contributed by atoms with Crippen molar-refractivity contribution in [1.29, 1.82) is 0 Å². The minimum absolute atomic E-state index is 0.141. The fourth-order valence-corrected chi connectivity index (χ4v) is 2.98. The number of ether oxygens (including phenoxy) is 2. The van der Waals surface area contributed by atoms with Crippen molar-refractivity contribution in [3.05, 3.63) is 59.2 Å². The molecule has 0 aromatic heterocycles. The molecule has 2 aromatic rings. The van der Waals surface area contributed by atoms with E-state index < -0.39 is 6.04 Å². The fraction of sp³-hybridized carbons (Fsp3) is 0.417. The quantitative estimate of drug-likeness (QED) is 0.647. The third-order valence-electron chi connectivity index (χ3n) is 5.04. The topological polar surface area (TPSA) is 67.9 Å². The minimum atomic E-state index is -0.626. The summed E-state index contributed by atoms with van der Waals surface area (Å²) in [5.41, 5.74) is 3.14. The lowest BCUT2D eigenvalue weighted by molar-refractivity contribution is -0.142. The van der Waals surface area contributed by atoms with Gasteiger partial charge in [0.15, 0.2) is 6.61 Å². The lowest BCUT2D eigenvalue weighted by Gasteiger charge is -2.29. The van der Waals surface area contributed by atoms with E-state index in [1.54, 1.807) is 18.9 Å². The smallest absolute Gasteiger partial charge is 0.261 e. The van der Waals surface area contributed by atoms with Crippen LogP contribution >= 0.6 is 0 Å². The number of nitrogens with one attached hydrogen (secondary N) is 1. The van der Waals surface area contributed by atoms with E-state index in [-0.39, 0.29) is 25.0 Å². The van der Waals surface area contributed by atoms with Crippen molar-refractivity contribution < 1.29 is 19.1 Å². The van der Waals surface area contributed by atoms with Crippen LogP contribution in [0.1, 0.15) is 37.0 Å². The molecule has 0 aliphatic heterocycles. The highest BCUT2D eigenvalue weighted by Gasteiger charge is 2.26. The molecule has 0 spiro atoms. The number of carbonyl (C=O) groups excluding carboxylic acids is 2. The lowest BCUT2D eigenvalue weighted by atomic mass is 10.1. The molecule has 0 bridgehead atoms. The number of carbonyl (C=O) groups is 2. The van der Waals surface area contributed by atoms with Crippen molar-refractivity contribution in [2.75, 3.05) is 20.3 Å². The fourth-order valence-electron chi connectivity index (χ4n) is 2.98. The number of rotatable bonds is 10. The molecule has 6 heteroatoms. The van der Waals surface area contributed by atoms with Crippen LogP contribution in [0.3, 0.4) is 0 Å². The maximum atomic E-state index is 13.0. The van der Waals surface area contributed by atoms with E-state index in [4.69, 9.17) is 9.47 Å². The Morgan fingerprint density at radius 2 is 1.83 bits per heavy atom. The van der Waals surface area contributed by atoms with Gasteiger partial charge in [0.1, 0.15) is 17.5 Å². The Bertz CT molecular complexity index is 866. The number of hydrogen-bond acceptors (Lipinski definition) is 4. The number of methoxy groups -OCH3 is 1. The molecule has 0 fully saturated rings. The molecule has 1 N–H and O–H groups in total. The van der Waals surface area contributed by atoms with Crippen molar-refractivity contribution in [2.45, 2.75) is 46.7 Å². The Balaban J connectivity index is 2.16. The zero-order valence-corrected chi connectivity index (χ0v) is 18.5. The standard InChI is InChI=1S/C24H32N2O4/c1-6-12-25-24(28)19(4)26(15-20-8-7-9-21(14-20)29-5)23(27)16-30-22-11-10-17(2)18(3)13-22/h7-11,13-14,19H,6,12,15-16H2,1-5H3,(H,25,28)/t19-/m0/s1. The van der Waals surface area contributed by atoms with Crippen LogP contribution in [-0.4, -0.2) is 43.0 Å². The monoisotopic (exact) mass is 412 g/mol. The van der Waals surface area contributed by atoms with Crippen molar-refractivity contribution >= 4 is 11.8 Å². The maximum absolute atomic E-state index is 13.0. The zero-order valence-electron chi connectivity index (χ0n) is 18.5. The van der Waals surface area contributed by atoms with Crippen LogP contribution in [0, 0.1) is 13.8 Å². The van der Waals surface area contributed by atoms with Gasteiger partial charge in [-0.05, 0) is 68.1 Å². The Kier molecular flexibility index (Phi) is 8.71. The summed E-state index contributed by atoms with van der Waals surface area (Å²) in [6.07, 6.45) is 0.832. The summed E-state index contributed by atoms with van der Waals surface area (Å²) in [5.74, 6) is 0.903. The molecule has 0 radical (unpaired) electrons. The first-order chi connectivity index (χ1) is 14.3. The van der Waals surface area contributed by atoms with E-state index in [9.17, 15) is 9.59 Å². The van der Waals surface area contributed by atoms with Gasteiger partial charge in [-0.2, -0.15) is 0 Å². The molecule has 0 saturated carbocycles. The van der Waals surface area contributed by atoms with Gasteiger partial charge in [0, 0.05) is 13.1 Å². The van der Waals surface area contributed by atoms with Crippen LogP contribution in [0.25, 0.3) is 0 Å². The van der Waals surface area contributed by atoms with Gasteiger partial charge in [-0.15, -0.1) is 0 Å². The first kappa shape index (κ1) is 23.3. The Hall–Kier alpha value is -3.02. The average Bonchev–Trinajstić information content (AvgIpc) is 2.76. The summed E-state index contributed by atoms with van der Waals surface area (Å²) in [6.45, 7) is 8.46. The first-order valence-corrected chi connectivity index (χ1v) is 10.3. The van der Waals surface area contributed by atoms with E-state index in [1.807, 2.05) is 63.2 Å². The van der Waals surface area contributed by atoms with E-state index in [0.717, 1.165) is 23.1 Å². The number of aryl methyl sites for hydroxylation is 2. The number of amides is 2. The van der Waals surface area contributed by atoms with E-state index in [2.05, 4.69) is 5.32 Å². The highest BCUT2D eigenvalue weighted by molar-refractivity contribution is 5.87. The predicted octanol–water partition coefficient (Wildman–Crippen LogP) is 3.63. The third kappa shape index (κ3) is 6.51. The molecule has 162 valence electrons. The molecule has 0 unspecified atom stereocenters. The number of hydrogen-bond donors (Lipinski definition) is 1. The summed E-state index contributed by atoms with van der Waals surface area (Å²) in [7, 11) is 1.60. The largest absolute Gasteiger partial charge is 0.497 e. The summed E-state index contributed by atoms with van der Waals surface area (Å²) >= 11 is 0.